The van der Waals surface area contributed by atoms with Crippen LogP contribution >= 0.6 is 11.6 Å². The fourth-order valence-electron chi connectivity index (χ4n) is 4.78. The summed E-state index contributed by atoms with van der Waals surface area (Å²) in [5.41, 5.74) is 0.749. The van der Waals surface area contributed by atoms with Crippen molar-refractivity contribution in [2.24, 2.45) is 5.41 Å². The first-order valence-electron chi connectivity index (χ1n) is 11.6. The lowest BCUT2D eigenvalue weighted by atomic mass is 9.90. The van der Waals surface area contributed by atoms with Crippen LogP contribution in [0.5, 0.6) is 0 Å². The average Bonchev–Trinajstić information content (AvgIpc) is 3.56. The van der Waals surface area contributed by atoms with Crippen molar-refractivity contribution in [3.63, 3.8) is 0 Å². The lowest BCUT2D eigenvalue weighted by Crippen LogP contribution is -2.49. The zero-order valence-corrected chi connectivity index (χ0v) is 19.1. The number of nitrogens with one attached hydrogen (secondary N) is 1. The minimum Gasteiger partial charge on any atom is -0.391 e. The van der Waals surface area contributed by atoms with Crippen molar-refractivity contribution in [2.75, 3.05) is 44.6 Å². The summed E-state index contributed by atoms with van der Waals surface area (Å²) in [5.74, 6) is 0.0293. The Morgan fingerprint density at radius 2 is 2.03 bits per heavy atom. The number of hydrogen-bond acceptors (Lipinski definition) is 5. The number of piperidine rings is 1. The number of urea groups is 1. The molecular weight excluding hydrogens is 432 g/mol. The van der Waals surface area contributed by atoms with Gasteiger partial charge < -0.3 is 25.3 Å². The lowest BCUT2D eigenvalue weighted by molar-refractivity contribution is -0.130. The van der Waals surface area contributed by atoms with Gasteiger partial charge in [-0.1, -0.05) is 17.7 Å². The van der Waals surface area contributed by atoms with Gasteiger partial charge in [0, 0.05) is 56.4 Å². The van der Waals surface area contributed by atoms with E-state index in [1.54, 1.807) is 34.1 Å². The summed E-state index contributed by atoms with van der Waals surface area (Å²) in [6.07, 6.45) is 3.73. The Balaban J connectivity index is 1.20. The number of halogens is 1. The predicted molar refractivity (Wildman–Crippen MR) is 122 cm³/mol. The third-order valence-electron chi connectivity index (χ3n) is 7.17. The number of amides is 3. The highest BCUT2D eigenvalue weighted by atomic mass is 35.5. The van der Waals surface area contributed by atoms with Crippen molar-refractivity contribution in [1.82, 2.24) is 14.7 Å². The van der Waals surface area contributed by atoms with Crippen LogP contribution in [-0.2, 0) is 4.79 Å². The molecule has 1 aromatic carbocycles. The van der Waals surface area contributed by atoms with Gasteiger partial charge in [-0.2, -0.15) is 0 Å². The molecule has 2 aliphatic heterocycles. The fraction of sp³-hybridized carbons (Fsp3) is 0.652. The number of likely N-dealkylation sites (tertiary alicyclic amines) is 1. The molecule has 9 heteroatoms. The van der Waals surface area contributed by atoms with E-state index in [1.165, 1.54) is 0 Å². The van der Waals surface area contributed by atoms with Crippen LogP contribution in [0, 0.1) is 5.41 Å². The highest BCUT2D eigenvalue weighted by Gasteiger charge is 2.51. The molecule has 0 bridgehead atoms. The molecule has 4 rings (SSSR count). The van der Waals surface area contributed by atoms with E-state index in [2.05, 4.69) is 5.32 Å². The topological polar surface area (TPSA) is 96.4 Å². The Morgan fingerprint density at radius 1 is 1.22 bits per heavy atom. The highest BCUT2D eigenvalue weighted by Crippen LogP contribution is 2.53. The van der Waals surface area contributed by atoms with E-state index in [1.807, 2.05) is 4.90 Å². The molecule has 0 aromatic heterocycles. The Kier molecular flexibility index (Phi) is 7.24. The smallest absolute Gasteiger partial charge is 0.321 e. The molecule has 3 aliphatic rings. The van der Waals surface area contributed by atoms with E-state index >= 15 is 0 Å². The molecule has 1 aromatic rings. The van der Waals surface area contributed by atoms with Crippen molar-refractivity contribution >= 4 is 29.2 Å². The van der Waals surface area contributed by atoms with Crippen molar-refractivity contribution in [3.05, 3.63) is 29.3 Å². The molecule has 1 saturated carbocycles. The van der Waals surface area contributed by atoms with Crippen LogP contribution in [0.1, 0.15) is 38.5 Å². The van der Waals surface area contributed by atoms with Gasteiger partial charge in [-0.05, 0) is 55.7 Å². The number of β-amino-alcohol motifs (C(OH)–C–C–N with tert-alkyl or cyclic N) is 1. The fourth-order valence-corrected chi connectivity index (χ4v) is 4.97. The Labute approximate surface area is 194 Å². The van der Waals surface area contributed by atoms with E-state index in [-0.39, 0.29) is 29.9 Å². The molecule has 3 N–H and O–H groups in total. The van der Waals surface area contributed by atoms with Gasteiger partial charge in [0.1, 0.15) is 6.23 Å². The number of anilines is 1. The Hall–Kier alpha value is -1.87. The van der Waals surface area contributed by atoms with E-state index in [0.717, 1.165) is 25.8 Å². The number of nitrogens with zero attached hydrogens (tertiary/aromatic N) is 3. The summed E-state index contributed by atoms with van der Waals surface area (Å²) in [5, 5.41) is 24.3. The summed E-state index contributed by atoms with van der Waals surface area (Å²) in [6, 6.07) is 6.74. The third kappa shape index (κ3) is 5.54. The number of carbonyl (C=O) groups is 2. The minimum atomic E-state index is -0.595. The molecule has 2 atom stereocenters. The van der Waals surface area contributed by atoms with Crippen LogP contribution < -0.4 is 5.32 Å². The third-order valence-corrected chi connectivity index (χ3v) is 7.40. The molecular formula is C23H33ClN4O4. The number of aliphatic hydroxyl groups is 2. The SMILES string of the molecule is O=C1CCN(C(=O)Nc2cccc(Cl)c2)CCN1CCCC(O)N1CCC2(CC2)[C@H](O)C1. The van der Waals surface area contributed by atoms with Crippen molar-refractivity contribution in [2.45, 2.75) is 50.9 Å². The maximum absolute atomic E-state index is 12.6. The monoisotopic (exact) mass is 464 g/mol. The molecule has 8 nitrogen and oxygen atoms in total. The first kappa shape index (κ1) is 23.3. The maximum Gasteiger partial charge on any atom is 0.321 e. The molecule has 2 saturated heterocycles. The molecule has 176 valence electrons. The minimum absolute atomic E-state index is 0.0293. The molecule has 1 spiro atoms. The number of carbonyl (C=O) groups excluding carboxylic acids is 2. The van der Waals surface area contributed by atoms with Crippen molar-refractivity contribution in [1.29, 1.82) is 0 Å². The van der Waals surface area contributed by atoms with Crippen LogP contribution in [0.15, 0.2) is 24.3 Å². The largest absolute Gasteiger partial charge is 0.391 e. The van der Waals surface area contributed by atoms with Crippen LogP contribution in [0.4, 0.5) is 10.5 Å². The van der Waals surface area contributed by atoms with Gasteiger partial charge in [0.2, 0.25) is 5.91 Å². The van der Waals surface area contributed by atoms with Crippen LogP contribution in [0.25, 0.3) is 0 Å². The quantitative estimate of drug-likeness (QED) is 0.600. The second-order valence-corrected chi connectivity index (χ2v) is 9.74. The molecule has 32 heavy (non-hydrogen) atoms. The molecule has 3 amide bonds. The van der Waals surface area contributed by atoms with Gasteiger partial charge in [-0.15, -0.1) is 0 Å². The van der Waals surface area contributed by atoms with Gasteiger partial charge >= 0.3 is 6.03 Å². The van der Waals surface area contributed by atoms with E-state index in [4.69, 9.17) is 11.6 Å². The van der Waals surface area contributed by atoms with Crippen LogP contribution in [0.2, 0.25) is 5.02 Å². The zero-order chi connectivity index (χ0) is 22.7. The molecule has 1 unspecified atom stereocenters. The maximum atomic E-state index is 12.6. The standard InChI is InChI=1S/C23H33ClN4O4/c24-17-3-1-4-18(15-17)25-22(32)27-11-6-21(31)26(13-14-27)10-2-5-20(30)28-12-9-23(7-8-23)19(29)16-28/h1,3-4,15,19-20,29-30H,2,5-14,16H2,(H,25,32)/t19-,20?/m1/s1. The molecule has 2 heterocycles. The van der Waals surface area contributed by atoms with Crippen LogP contribution in [0.3, 0.4) is 0 Å². The molecule has 1 aliphatic carbocycles. The number of rotatable bonds is 6. The average molecular weight is 465 g/mol. The van der Waals surface area contributed by atoms with E-state index < -0.39 is 6.23 Å². The second-order valence-electron chi connectivity index (χ2n) is 9.30. The molecule has 0 radical (unpaired) electrons. The Bertz CT molecular complexity index is 834. The van der Waals surface area contributed by atoms with Gasteiger partial charge in [0.05, 0.1) is 6.10 Å². The van der Waals surface area contributed by atoms with E-state index in [0.29, 0.717) is 56.3 Å². The summed E-state index contributed by atoms with van der Waals surface area (Å²) >= 11 is 5.97. The Morgan fingerprint density at radius 3 is 2.75 bits per heavy atom. The summed E-state index contributed by atoms with van der Waals surface area (Å²) in [6.45, 7) is 3.21. The number of benzene rings is 1. The lowest BCUT2D eigenvalue weighted by Gasteiger charge is -2.39. The predicted octanol–water partition coefficient (Wildman–Crippen LogP) is 2.35. The van der Waals surface area contributed by atoms with Gasteiger partial charge in [0.25, 0.3) is 0 Å². The summed E-state index contributed by atoms with van der Waals surface area (Å²) < 4.78 is 0. The normalized spacial score (nSPS) is 24.3. The van der Waals surface area contributed by atoms with Gasteiger partial charge in [0.15, 0.2) is 0 Å². The van der Waals surface area contributed by atoms with Gasteiger partial charge in [-0.3, -0.25) is 9.69 Å². The first-order valence-corrected chi connectivity index (χ1v) is 11.9. The van der Waals surface area contributed by atoms with Crippen molar-refractivity contribution < 1.29 is 19.8 Å². The molecule has 3 fully saturated rings. The van der Waals surface area contributed by atoms with Crippen LogP contribution in [-0.4, -0.2) is 88.5 Å². The van der Waals surface area contributed by atoms with Gasteiger partial charge in [-0.25, -0.2) is 4.79 Å². The zero-order valence-electron chi connectivity index (χ0n) is 18.4. The number of aliphatic hydroxyl groups excluding tert-OH is 2. The summed E-state index contributed by atoms with van der Waals surface area (Å²) in [7, 11) is 0. The van der Waals surface area contributed by atoms with Crippen molar-refractivity contribution in [3.8, 4) is 0 Å². The second kappa shape index (κ2) is 9.95. The number of hydrogen-bond donors (Lipinski definition) is 3. The first-order chi connectivity index (χ1) is 15.4. The van der Waals surface area contributed by atoms with E-state index in [9.17, 15) is 19.8 Å². The highest BCUT2D eigenvalue weighted by molar-refractivity contribution is 6.30. The summed E-state index contributed by atoms with van der Waals surface area (Å²) in [4.78, 5) is 30.5.